The highest BCUT2D eigenvalue weighted by Crippen LogP contribution is 2.27. The zero-order valence-corrected chi connectivity index (χ0v) is 18.8. The fourth-order valence-corrected chi connectivity index (χ4v) is 4.31. The summed E-state index contributed by atoms with van der Waals surface area (Å²) >= 11 is 18.0. The quantitative estimate of drug-likeness (QED) is 0.565. The molecule has 160 valence electrons. The number of hydrogen-bond acceptors (Lipinski definition) is 5. The van der Waals surface area contributed by atoms with Crippen molar-refractivity contribution >= 4 is 52.2 Å². The number of halogens is 3. The molecular formula is C22H20Cl3N5O. The van der Waals surface area contributed by atoms with Crippen molar-refractivity contribution in [2.75, 3.05) is 36.4 Å². The number of anilines is 2. The Morgan fingerprint density at radius 3 is 2.16 bits per heavy atom. The topological polar surface area (TPSA) is 61.4 Å². The van der Waals surface area contributed by atoms with Crippen molar-refractivity contribution in [3.63, 3.8) is 0 Å². The molecule has 1 amide bonds. The molecule has 0 saturated carbocycles. The van der Waals surface area contributed by atoms with E-state index in [2.05, 4.69) is 25.3 Å². The van der Waals surface area contributed by atoms with Gasteiger partial charge in [-0.1, -0.05) is 65.1 Å². The van der Waals surface area contributed by atoms with E-state index in [9.17, 15) is 4.79 Å². The van der Waals surface area contributed by atoms with Crippen LogP contribution >= 0.6 is 34.8 Å². The average molecular weight is 477 g/mol. The van der Waals surface area contributed by atoms with Crippen LogP contribution in [0.15, 0.2) is 60.7 Å². The molecule has 2 aromatic carbocycles. The van der Waals surface area contributed by atoms with Crippen molar-refractivity contribution < 1.29 is 4.79 Å². The molecule has 2 heterocycles. The summed E-state index contributed by atoms with van der Waals surface area (Å²) in [5.74, 6) is 0.641. The Bertz CT molecular complexity index is 1020. The minimum atomic E-state index is -0.447. The second-order valence-corrected chi connectivity index (χ2v) is 8.46. The number of nitrogens with one attached hydrogen (secondary N) is 1. The molecule has 1 N–H and O–H groups in total. The molecule has 1 saturated heterocycles. The number of rotatable bonds is 5. The molecule has 1 unspecified atom stereocenters. The number of amides is 1. The fourth-order valence-electron chi connectivity index (χ4n) is 3.69. The molecule has 4 rings (SSSR count). The van der Waals surface area contributed by atoms with Crippen LogP contribution in [0.5, 0.6) is 0 Å². The number of nitrogens with zero attached hydrogens (tertiary/aromatic N) is 4. The minimum absolute atomic E-state index is 0.135. The third-order valence-corrected chi connectivity index (χ3v) is 5.75. The van der Waals surface area contributed by atoms with E-state index >= 15 is 0 Å². The van der Waals surface area contributed by atoms with Crippen LogP contribution in [0.3, 0.4) is 0 Å². The molecule has 1 fully saturated rings. The molecule has 1 atom stereocenters. The summed E-state index contributed by atoms with van der Waals surface area (Å²) in [7, 11) is 0. The van der Waals surface area contributed by atoms with E-state index in [4.69, 9.17) is 34.8 Å². The van der Waals surface area contributed by atoms with Gasteiger partial charge in [0.05, 0.1) is 0 Å². The van der Waals surface area contributed by atoms with E-state index in [1.807, 2.05) is 36.4 Å². The third-order valence-electron chi connectivity index (χ3n) is 5.12. The number of hydrogen-bond donors (Lipinski definition) is 1. The van der Waals surface area contributed by atoms with Gasteiger partial charge in [-0.2, -0.15) is 0 Å². The highest BCUT2D eigenvalue weighted by atomic mass is 35.5. The SMILES string of the molecule is O=C(Nc1cc(Cl)cc(Cl)c1)C(c1ccccc1)N1CCN(c2ccc(Cl)nn2)CC1. The molecule has 31 heavy (non-hydrogen) atoms. The second-order valence-electron chi connectivity index (χ2n) is 7.20. The standard InChI is InChI=1S/C22H20Cl3N5O/c23-16-12-17(24)14-18(13-16)26-22(31)21(15-4-2-1-3-5-15)30-10-8-29(9-11-30)20-7-6-19(25)27-28-20/h1-7,12-14,21H,8-11H2,(H,26,31). The predicted molar refractivity (Wildman–Crippen MR) is 125 cm³/mol. The Morgan fingerprint density at radius 2 is 1.55 bits per heavy atom. The van der Waals surface area contributed by atoms with Gasteiger partial charge >= 0.3 is 0 Å². The summed E-state index contributed by atoms with van der Waals surface area (Å²) < 4.78 is 0. The summed E-state index contributed by atoms with van der Waals surface area (Å²) in [5, 5.41) is 12.4. The lowest BCUT2D eigenvalue weighted by Crippen LogP contribution is -2.50. The van der Waals surface area contributed by atoms with E-state index in [0.29, 0.717) is 34.0 Å². The van der Waals surface area contributed by atoms with E-state index in [-0.39, 0.29) is 5.91 Å². The molecule has 3 aromatic rings. The molecule has 1 aliphatic heterocycles. The summed E-state index contributed by atoms with van der Waals surface area (Å²) in [4.78, 5) is 17.6. The fraction of sp³-hybridized carbons (Fsp3) is 0.227. The summed E-state index contributed by atoms with van der Waals surface area (Å²) in [6.07, 6.45) is 0. The van der Waals surface area contributed by atoms with Gasteiger partial charge in [0.2, 0.25) is 5.91 Å². The average Bonchev–Trinajstić information content (AvgIpc) is 2.75. The smallest absolute Gasteiger partial charge is 0.246 e. The normalized spacial score (nSPS) is 15.5. The van der Waals surface area contributed by atoms with E-state index in [1.165, 1.54) is 0 Å². The third kappa shape index (κ3) is 5.46. The van der Waals surface area contributed by atoms with E-state index in [1.54, 1.807) is 24.3 Å². The summed E-state index contributed by atoms with van der Waals surface area (Å²) in [6, 6.07) is 17.9. The maximum atomic E-state index is 13.3. The van der Waals surface area contributed by atoms with Crippen molar-refractivity contribution in [3.8, 4) is 0 Å². The van der Waals surface area contributed by atoms with Crippen LogP contribution in [-0.4, -0.2) is 47.2 Å². The minimum Gasteiger partial charge on any atom is -0.353 e. The lowest BCUT2D eigenvalue weighted by atomic mass is 10.0. The highest BCUT2D eigenvalue weighted by Gasteiger charge is 2.31. The largest absolute Gasteiger partial charge is 0.353 e. The molecule has 1 aliphatic rings. The molecule has 6 nitrogen and oxygen atoms in total. The van der Waals surface area contributed by atoms with Crippen LogP contribution in [0.2, 0.25) is 15.2 Å². The Labute approximate surface area is 195 Å². The van der Waals surface area contributed by atoms with Gasteiger partial charge in [0.15, 0.2) is 11.0 Å². The van der Waals surface area contributed by atoms with Gasteiger partial charge in [0.1, 0.15) is 6.04 Å². The summed E-state index contributed by atoms with van der Waals surface area (Å²) in [6.45, 7) is 2.81. The van der Waals surface area contributed by atoms with E-state index < -0.39 is 6.04 Å². The number of aromatic nitrogens is 2. The lowest BCUT2D eigenvalue weighted by molar-refractivity contribution is -0.121. The lowest BCUT2D eigenvalue weighted by Gasteiger charge is -2.39. The molecule has 1 aromatic heterocycles. The van der Waals surface area contributed by atoms with Crippen LogP contribution in [0.4, 0.5) is 11.5 Å². The van der Waals surface area contributed by atoms with Crippen LogP contribution < -0.4 is 10.2 Å². The van der Waals surface area contributed by atoms with Crippen molar-refractivity contribution in [2.45, 2.75) is 6.04 Å². The van der Waals surface area contributed by atoms with Crippen LogP contribution in [-0.2, 0) is 4.79 Å². The summed E-state index contributed by atoms with van der Waals surface area (Å²) in [5.41, 5.74) is 1.49. The maximum Gasteiger partial charge on any atom is 0.246 e. The Hall–Kier alpha value is -2.38. The van der Waals surface area contributed by atoms with Crippen molar-refractivity contribution in [2.24, 2.45) is 0 Å². The van der Waals surface area contributed by atoms with Gasteiger partial charge < -0.3 is 10.2 Å². The zero-order chi connectivity index (χ0) is 21.8. The number of piperazine rings is 1. The van der Waals surface area contributed by atoms with Gasteiger partial charge in [-0.3, -0.25) is 9.69 Å². The molecule has 0 spiro atoms. The van der Waals surface area contributed by atoms with E-state index in [0.717, 1.165) is 24.5 Å². The number of benzene rings is 2. The molecule has 0 aliphatic carbocycles. The predicted octanol–water partition coefficient (Wildman–Crippen LogP) is 4.94. The van der Waals surface area contributed by atoms with Crippen LogP contribution in [0, 0.1) is 0 Å². The van der Waals surface area contributed by atoms with Gasteiger partial charge in [-0.25, -0.2) is 0 Å². The number of carbonyl (C=O) groups is 1. The first kappa shape index (κ1) is 21.8. The first-order chi connectivity index (χ1) is 15.0. The Balaban J connectivity index is 1.52. The van der Waals surface area contributed by atoms with Crippen LogP contribution in [0.1, 0.15) is 11.6 Å². The first-order valence-corrected chi connectivity index (χ1v) is 10.9. The Morgan fingerprint density at radius 1 is 0.871 bits per heavy atom. The maximum absolute atomic E-state index is 13.3. The first-order valence-electron chi connectivity index (χ1n) is 9.80. The second kappa shape index (κ2) is 9.83. The molecule has 9 heteroatoms. The van der Waals surface area contributed by atoms with Gasteiger partial charge in [-0.05, 0) is 35.9 Å². The molecule has 0 bridgehead atoms. The van der Waals surface area contributed by atoms with Crippen LogP contribution in [0.25, 0.3) is 0 Å². The van der Waals surface area contributed by atoms with Gasteiger partial charge in [0.25, 0.3) is 0 Å². The number of carbonyl (C=O) groups excluding carboxylic acids is 1. The Kier molecular flexibility index (Phi) is 6.92. The van der Waals surface area contributed by atoms with Crippen molar-refractivity contribution in [3.05, 3.63) is 81.4 Å². The zero-order valence-electron chi connectivity index (χ0n) is 16.5. The monoisotopic (exact) mass is 475 g/mol. The highest BCUT2D eigenvalue weighted by molar-refractivity contribution is 6.35. The molecule has 0 radical (unpaired) electrons. The van der Waals surface area contributed by atoms with Gasteiger partial charge in [0, 0.05) is 41.9 Å². The van der Waals surface area contributed by atoms with Crippen molar-refractivity contribution in [1.29, 1.82) is 0 Å². The van der Waals surface area contributed by atoms with Crippen molar-refractivity contribution in [1.82, 2.24) is 15.1 Å². The molecular weight excluding hydrogens is 457 g/mol. The van der Waals surface area contributed by atoms with Gasteiger partial charge in [-0.15, -0.1) is 10.2 Å².